The van der Waals surface area contributed by atoms with Crippen molar-refractivity contribution in [2.45, 2.75) is 43.3 Å². The van der Waals surface area contributed by atoms with Crippen molar-refractivity contribution in [3.63, 3.8) is 0 Å². The quantitative estimate of drug-likeness (QED) is 0.653. The van der Waals surface area contributed by atoms with E-state index in [0.717, 1.165) is 28.7 Å². The molecule has 5 rings (SSSR count). The number of hydrogen-bond donors (Lipinski definition) is 2. The Morgan fingerprint density at radius 1 is 1.06 bits per heavy atom. The predicted octanol–water partition coefficient (Wildman–Crippen LogP) is 3.00. The largest absolute Gasteiger partial charge is 0.481 e. The lowest BCUT2D eigenvalue weighted by atomic mass is 9.89. The topological polar surface area (TPSA) is 105 Å². The Bertz CT molecular complexity index is 1070. The summed E-state index contributed by atoms with van der Waals surface area (Å²) in [7, 11) is 1.46. The molecule has 0 radical (unpaired) electrons. The van der Waals surface area contributed by atoms with E-state index in [0.29, 0.717) is 12.8 Å². The van der Waals surface area contributed by atoms with Crippen LogP contribution in [0.1, 0.15) is 36.3 Å². The number of hydrogen-bond acceptors (Lipinski definition) is 5. The number of carbonyl (C=O) groups excluding carboxylic acids is 2. The first-order chi connectivity index (χ1) is 16.5. The first kappa shape index (κ1) is 22.4. The van der Waals surface area contributed by atoms with Crippen molar-refractivity contribution in [2.24, 2.45) is 5.92 Å². The minimum Gasteiger partial charge on any atom is -0.481 e. The van der Waals surface area contributed by atoms with E-state index in [2.05, 4.69) is 17.4 Å². The highest BCUT2D eigenvalue weighted by atomic mass is 16.5. The highest BCUT2D eigenvalue weighted by Crippen LogP contribution is 2.45. The van der Waals surface area contributed by atoms with Crippen molar-refractivity contribution in [2.75, 3.05) is 20.3 Å². The molecule has 8 nitrogen and oxygen atoms in total. The highest BCUT2D eigenvalue weighted by molar-refractivity contribution is 5.88. The van der Waals surface area contributed by atoms with Gasteiger partial charge in [0.2, 0.25) is 5.91 Å². The molecule has 0 aromatic heterocycles. The summed E-state index contributed by atoms with van der Waals surface area (Å²) in [6, 6.07) is 14.8. The van der Waals surface area contributed by atoms with Crippen LogP contribution in [0, 0.1) is 5.92 Å². The van der Waals surface area contributed by atoms with Crippen LogP contribution in [0.4, 0.5) is 4.79 Å². The molecule has 2 fully saturated rings. The monoisotopic (exact) mass is 464 g/mol. The molecule has 2 heterocycles. The molecule has 2 aliphatic heterocycles. The number of aliphatic carboxylic acids is 1. The van der Waals surface area contributed by atoms with Gasteiger partial charge in [0.1, 0.15) is 12.6 Å². The van der Waals surface area contributed by atoms with Crippen LogP contribution in [0.15, 0.2) is 48.5 Å². The second-order valence-corrected chi connectivity index (χ2v) is 9.20. The summed E-state index contributed by atoms with van der Waals surface area (Å²) in [4.78, 5) is 39.2. The van der Waals surface area contributed by atoms with Crippen molar-refractivity contribution in [1.29, 1.82) is 0 Å². The Morgan fingerprint density at radius 2 is 1.71 bits per heavy atom. The number of benzene rings is 2. The Hall–Kier alpha value is -3.39. The van der Waals surface area contributed by atoms with Gasteiger partial charge < -0.3 is 24.8 Å². The maximum absolute atomic E-state index is 13.3. The van der Waals surface area contributed by atoms with Crippen LogP contribution in [0.25, 0.3) is 11.1 Å². The minimum absolute atomic E-state index is 0.0172. The number of ether oxygens (including phenoxy) is 2. The molecule has 2 amide bonds. The number of nitrogens with one attached hydrogen (secondary N) is 1. The normalized spacial score (nSPS) is 23.3. The van der Waals surface area contributed by atoms with Gasteiger partial charge in [0, 0.05) is 25.1 Å². The van der Waals surface area contributed by atoms with Crippen LogP contribution in [0.3, 0.4) is 0 Å². The third-order valence-electron chi connectivity index (χ3n) is 7.38. The fourth-order valence-electron chi connectivity index (χ4n) is 5.90. The van der Waals surface area contributed by atoms with Crippen molar-refractivity contribution in [3.05, 3.63) is 59.7 Å². The maximum atomic E-state index is 13.3. The molecular formula is C26H28N2O6. The van der Waals surface area contributed by atoms with Gasteiger partial charge in [0.05, 0.1) is 12.5 Å². The summed E-state index contributed by atoms with van der Waals surface area (Å²) in [6.07, 6.45) is 1.21. The zero-order valence-corrected chi connectivity index (χ0v) is 19.0. The molecule has 2 aromatic rings. The van der Waals surface area contributed by atoms with Crippen LogP contribution >= 0.6 is 0 Å². The molecule has 1 unspecified atom stereocenters. The number of carbonyl (C=O) groups is 3. The average Bonchev–Trinajstić information content (AvgIpc) is 3.52. The van der Waals surface area contributed by atoms with Crippen LogP contribution < -0.4 is 5.32 Å². The van der Waals surface area contributed by atoms with Gasteiger partial charge >= 0.3 is 12.1 Å². The lowest BCUT2D eigenvalue weighted by Crippen LogP contribution is -2.53. The SMILES string of the molecule is COCC(NC(=O)OCC1c2ccccc2-c2ccccc21)C(=O)N1[C@@H]2CC[C@H]1[C@@H](C(=O)O)C2. The summed E-state index contributed by atoms with van der Waals surface area (Å²) < 4.78 is 10.8. The van der Waals surface area contributed by atoms with E-state index < -0.39 is 24.0 Å². The molecule has 0 saturated carbocycles. The molecular weight excluding hydrogens is 436 g/mol. The van der Waals surface area contributed by atoms with E-state index in [4.69, 9.17) is 9.47 Å². The molecule has 4 atom stereocenters. The van der Waals surface area contributed by atoms with Gasteiger partial charge in [-0.2, -0.15) is 0 Å². The average molecular weight is 465 g/mol. The third-order valence-corrected chi connectivity index (χ3v) is 7.38. The van der Waals surface area contributed by atoms with Gasteiger partial charge in [-0.3, -0.25) is 9.59 Å². The molecule has 3 aliphatic rings. The van der Waals surface area contributed by atoms with Crippen molar-refractivity contribution in [3.8, 4) is 11.1 Å². The summed E-state index contributed by atoms with van der Waals surface area (Å²) >= 11 is 0. The number of rotatable bonds is 7. The Kier molecular flexibility index (Phi) is 6.00. The smallest absolute Gasteiger partial charge is 0.407 e. The molecule has 2 N–H and O–H groups in total. The van der Waals surface area contributed by atoms with Gasteiger partial charge in [0.25, 0.3) is 0 Å². The Labute approximate surface area is 197 Å². The van der Waals surface area contributed by atoms with Crippen molar-refractivity contribution >= 4 is 18.0 Å². The lowest BCUT2D eigenvalue weighted by molar-refractivity contribution is -0.143. The zero-order chi connectivity index (χ0) is 23.8. The van der Waals surface area contributed by atoms with E-state index in [1.807, 2.05) is 36.4 Å². The van der Waals surface area contributed by atoms with Crippen LogP contribution in [-0.4, -0.2) is 66.4 Å². The van der Waals surface area contributed by atoms with Crippen molar-refractivity contribution in [1.82, 2.24) is 10.2 Å². The maximum Gasteiger partial charge on any atom is 0.407 e. The number of nitrogens with zero attached hydrogens (tertiary/aromatic N) is 1. The first-order valence-corrected chi connectivity index (χ1v) is 11.6. The summed E-state index contributed by atoms with van der Waals surface area (Å²) in [5, 5.41) is 12.1. The fraction of sp³-hybridized carbons (Fsp3) is 0.423. The van der Waals surface area contributed by atoms with E-state index >= 15 is 0 Å². The molecule has 8 heteroatoms. The number of carboxylic acids is 1. The second kappa shape index (κ2) is 9.10. The van der Waals surface area contributed by atoms with Gasteiger partial charge in [-0.15, -0.1) is 0 Å². The molecule has 178 valence electrons. The molecule has 1 aliphatic carbocycles. The van der Waals surface area contributed by atoms with E-state index in [-0.39, 0.29) is 37.1 Å². The van der Waals surface area contributed by atoms with Crippen LogP contribution in [0.5, 0.6) is 0 Å². The lowest BCUT2D eigenvalue weighted by Gasteiger charge is -2.28. The van der Waals surface area contributed by atoms with E-state index in [9.17, 15) is 19.5 Å². The molecule has 2 bridgehead atoms. The van der Waals surface area contributed by atoms with Gasteiger partial charge in [0.15, 0.2) is 0 Å². The predicted molar refractivity (Wildman–Crippen MR) is 123 cm³/mol. The minimum atomic E-state index is -0.934. The fourth-order valence-corrected chi connectivity index (χ4v) is 5.90. The highest BCUT2D eigenvalue weighted by Gasteiger charge is 2.52. The molecule has 2 aromatic carbocycles. The Balaban J connectivity index is 1.26. The molecule has 34 heavy (non-hydrogen) atoms. The molecule has 2 saturated heterocycles. The van der Waals surface area contributed by atoms with Gasteiger partial charge in [-0.1, -0.05) is 48.5 Å². The zero-order valence-electron chi connectivity index (χ0n) is 19.0. The van der Waals surface area contributed by atoms with E-state index in [1.165, 1.54) is 7.11 Å². The Morgan fingerprint density at radius 3 is 2.29 bits per heavy atom. The number of methoxy groups -OCH3 is 1. The standard InChI is InChI=1S/C26H28N2O6/c1-33-14-22(24(29)28-15-10-11-23(28)20(12-15)25(30)31)27-26(32)34-13-21-18-8-4-2-6-16(18)17-7-3-5-9-19(17)21/h2-9,15,20-23H,10-14H2,1H3,(H,27,32)(H,30,31)/t15-,20+,22?,23+/m1/s1. The first-order valence-electron chi connectivity index (χ1n) is 11.6. The van der Waals surface area contributed by atoms with E-state index in [1.54, 1.807) is 4.90 Å². The summed E-state index contributed by atoms with van der Waals surface area (Å²) in [6.45, 7) is 0.126. The van der Waals surface area contributed by atoms with Crippen LogP contribution in [0.2, 0.25) is 0 Å². The van der Waals surface area contributed by atoms with Crippen molar-refractivity contribution < 1.29 is 29.0 Å². The number of carboxylic acid groups (broad SMARTS) is 1. The number of amides is 2. The third kappa shape index (κ3) is 3.81. The summed E-state index contributed by atoms with van der Waals surface area (Å²) in [5.41, 5.74) is 4.48. The number of fused-ring (bicyclic) bond motifs is 5. The van der Waals surface area contributed by atoms with Gasteiger partial charge in [-0.25, -0.2) is 4.79 Å². The second-order valence-electron chi connectivity index (χ2n) is 9.20. The van der Waals surface area contributed by atoms with Crippen LogP contribution in [-0.2, 0) is 19.1 Å². The summed E-state index contributed by atoms with van der Waals surface area (Å²) in [5.74, 6) is -1.83. The van der Waals surface area contributed by atoms with Gasteiger partial charge in [-0.05, 0) is 41.5 Å². The number of alkyl carbamates (subject to hydrolysis) is 1. The molecule has 0 spiro atoms.